The number of hydrogen-bond acceptors (Lipinski definition) is 2. The lowest BCUT2D eigenvalue weighted by Crippen LogP contribution is -2.19. The third kappa shape index (κ3) is 4.65. The predicted molar refractivity (Wildman–Crippen MR) is 186 cm³/mol. The van der Waals surface area contributed by atoms with Crippen LogP contribution in [-0.4, -0.2) is 11.1 Å². The molecular weight excluding hydrogens is 534 g/mol. The van der Waals surface area contributed by atoms with Gasteiger partial charge in [-0.2, -0.15) is 0 Å². The summed E-state index contributed by atoms with van der Waals surface area (Å²) in [5.41, 5.74) is 10.6. The predicted octanol–water partition coefficient (Wildman–Crippen LogP) is 10.6. The number of para-hydroxylation sites is 2. The molecule has 0 radical (unpaired) electrons. The zero-order valence-electron chi connectivity index (χ0n) is 24.3. The number of benzene rings is 6. The van der Waals surface area contributed by atoms with E-state index >= 15 is 0 Å². The Labute approximate surface area is 257 Å². The van der Waals surface area contributed by atoms with E-state index in [1.807, 2.05) is 0 Å². The first kappa shape index (κ1) is 25.9. The number of anilines is 3. The lowest BCUT2D eigenvalue weighted by molar-refractivity contribution is 0.922. The Morgan fingerprint density at radius 3 is 1.61 bits per heavy atom. The summed E-state index contributed by atoms with van der Waals surface area (Å²) in [7, 11) is 0. The van der Waals surface area contributed by atoms with E-state index in [0.717, 1.165) is 29.4 Å². The molecule has 0 saturated heterocycles. The number of fused-ring (bicyclic) bond motifs is 3. The molecule has 3 nitrogen and oxygen atoms in total. The smallest absolute Gasteiger partial charge is 0.111 e. The van der Waals surface area contributed by atoms with Gasteiger partial charge in [0.25, 0.3) is 0 Å². The molecule has 1 aromatic heterocycles. The monoisotopic (exact) mass is 565 g/mol. The van der Waals surface area contributed by atoms with Gasteiger partial charge in [-0.15, -0.1) is 0 Å². The van der Waals surface area contributed by atoms with Crippen LogP contribution in [0.4, 0.5) is 17.1 Å². The molecule has 0 spiro atoms. The quantitative estimate of drug-likeness (QED) is 0.216. The molecule has 7 aromatic rings. The molecule has 8 rings (SSSR count). The molecule has 6 aromatic carbocycles. The van der Waals surface area contributed by atoms with E-state index in [-0.39, 0.29) is 0 Å². The third-order valence-corrected chi connectivity index (χ3v) is 8.39. The van der Waals surface area contributed by atoms with Crippen molar-refractivity contribution in [3.8, 4) is 22.3 Å². The van der Waals surface area contributed by atoms with Crippen LogP contribution in [-0.2, 0) is 0 Å². The standard InChI is InChI=1S/C41H31N3/c1-4-12-30(13-5-1)31-19-21-32(22-20-31)33-23-25-39-37(28-33)38-29-36(24-26-40(38)44(39)41-18-10-11-27-42-41)43(34-14-6-2-7-15-34)35-16-8-3-9-17-35/h1-26,28-29,42H,27H2. The largest absolute Gasteiger partial charge is 0.368 e. The summed E-state index contributed by atoms with van der Waals surface area (Å²) < 4.78 is 2.36. The minimum Gasteiger partial charge on any atom is -0.368 e. The second-order valence-corrected chi connectivity index (χ2v) is 11.1. The lowest BCUT2D eigenvalue weighted by Gasteiger charge is -2.25. The fourth-order valence-electron chi connectivity index (χ4n) is 6.28. The van der Waals surface area contributed by atoms with Crippen LogP contribution in [0.5, 0.6) is 0 Å². The molecule has 2 heterocycles. The topological polar surface area (TPSA) is 20.2 Å². The van der Waals surface area contributed by atoms with E-state index in [0.29, 0.717) is 0 Å². The molecule has 0 aliphatic carbocycles. The number of hydrogen-bond donors (Lipinski definition) is 1. The van der Waals surface area contributed by atoms with Crippen molar-refractivity contribution in [2.75, 3.05) is 11.4 Å². The van der Waals surface area contributed by atoms with Gasteiger partial charge in [-0.05, 0) is 82.9 Å². The first-order valence-electron chi connectivity index (χ1n) is 15.1. The average molecular weight is 566 g/mol. The van der Waals surface area contributed by atoms with Gasteiger partial charge in [0, 0.05) is 34.4 Å². The highest BCUT2D eigenvalue weighted by Gasteiger charge is 2.19. The highest BCUT2D eigenvalue weighted by atomic mass is 15.2. The number of nitrogens with zero attached hydrogens (tertiary/aromatic N) is 2. The van der Waals surface area contributed by atoms with Gasteiger partial charge >= 0.3 is 0 Å². The van der Waals surface area contributed by atoms with E-state index in [4.69, 9.17) is 0 Å². The Balaban J connectivity index is 1.31. The van der Waals surface area contributed by atoms with Crippen molar-refractivity contribution in [2.45, 2.75) is 0 Å². The molecule has 1 aliphatic rings. The van der Waals surface area contributed by atoms with Crippen LogP contribution in [0.2, 0.25) is 0 Å². The Bertz CT molecular complexity index is 2100. The van der Waals surface area contributed by atoms with Crippen molar-refractivity contribution in [3.05, 3.63) is 170 Å². The molecular formula is C41H31N3. The van der Waals surface area contributed by atoms with Crippen molar-refractivity contribution in [3.63, 3.8) is 0 Å². The number of rotatable bonds is 6. The van der Waals surface area contributed by atoms with E-state index in [1.165, 1.54) is 44.1 Å². The van der Waals surface area contributed by atoms with Crippen LogP contribution in [0.25, 0.3) is 49.9 Å². The number of nitrogens with one attached hydrogen (secondary N) is 1. The summed E-state index contributed by atoms with van der Waals surface area (Å²) in [6.07, 6.45) is 6.43. The van der Waals surface area contributed by atoms with Gasteiger partial charge in [-0.3, -0.25) is 4.57 Å². The number of dihydropyridines is 1. The summed E-state index contributed by atoms with van der Waals surface area (Å²) in [6, 6.07) is 54.3. The van der Waals surface area contributed by atoms with Crippen molar-refractivity contribution in [2.24, 2.45) is 0 Å². The highest BCUT2D eigenvalue weighted by molar-refractivity contribution is 6.12. The fraction of sp³-hybridized carbons (Fsp3) is 0.0244. The van der Waals surface area contributed by atoms with Crippen molar-refractivity contribution >= 4 is 44.7 Å². The van der Waals surface area contributed by atoms with Crippen molar-refractivity contribution < 1.29 is 0 Å². The second-order valence-electron chi connectivity index (χ2n) is 11.1. The van der Waals surface area contributed by atoms with Gasteiger partial charge in [0.2, 0.25) is 0 Å². The Hall–Kier alpha value is -5.80. The van der Waals surface area contributed by atoms with Gasteiger partial charge in [0.15, 0.2) is 0 Å². The van der Waals surface area contributed by atoms with Crippen molar-refractivity contribution in [1.29, 1.82) is 0 Å². The van der Waals surface area contributed by atoms with Crippen LogP contribution in [0, 0.1) is 0 Å². The van der Waals surface area contributed by atoms with Gasteiger partial charge < -0.3 is 10.2 Å². The lowest BCUT2D eigenvalue weighted by atomic mass is 9.99. The summed E-state index contributed by atoms with van der Waals surface area (Å²) in [5, 5.41) is 6.03. The van der Waals surface area contributed by atoms with Crippen LogP contribution in [0.3, 0.4) is 0 Å². The summed E-state index contributed by atoms with van der Waals surface area (Å²) in [6.45, 7) is 0.812. The van der Waals surface area contributed by atoms with E-state index < -0.39 is 0 Å². The molecule has 1 N–H and O–H groups in total. The van der Waals surface area contributed by atoms with Gasteiger partial charge in [-0.25, -0.2) is 0 Å². The third-order valence-electron chi connectivity index (χ3n) is 8.39. The van der Waals surface area contributed by atoms with Crippen LogP contribution in [0.15, 0.2) is 170 Å². The van der Waals surface area contributed by atoms with Crippen LogP contribution < -0.4 is 10.2 Å². The normalized spacial score (nSPS) is 12.7. The number of allylic oxidation sites excluding steroid dienone is 2. The summed E-state index contributed by atoms with van der Waals surface area (Å²) in [5.74, 6) is 1.09. The van der Waals surface area contributed by atoms with Gasteiger partial charge in [0.05, 0.1) is 11.0 Å². The maximum atomic E-state index is 3.59. The highest BCUT2D eigenvalue weighted by Crippen LogP contribution is 2.40. The molecule has 0 unspecified atom stereocenters. The summed E-state index contributed by atoms with van der Waals surface area (Å²) in [4.78, 5) is 2.33. The molecule has 3 heteroatoms. The van der Waals surface area contributed by atoms with Gasteiger partial charge in [0.1, 0.15) is 5.82 Å². The fourth-order valence-corrected chi connectivity index (χ4v) is 6.28. The summed E-state index contributed by atoms with van der Waals surface area (Å²) >= 11 is 0. The SMILES string of the molecule is C1=CCNC(n2c3ccc(-c4ccc(-c5ccccc5)cc4)cc3c3cc(N(c4ccccc4)c4ccccc4)ccc32)=C1. The molecule has 0 bridgehead atoms. The Morgan fingerprint density at radius 1 is 0.477 bits per heavy atom. The number of aromatic nitrogens is 1. The van der Waals surface area contributed by atoms with Crippen LogP contribution in [0.1, 0.15) is 0 Å². The molecule has 44 heavy (non-hydrogen) atoms. The first-order chi connectivity index (χ1) is 21.8. The minimum absolute atomic E-state index is 0.812. The molecule has 210 valence electrons. The first-order valence-corrected chi connectivity index (χ1v) is 15.1. The zero-order valence-corrected chi connectivity index (χ0v) is 24.3. The maximum absolute atomic E-state index is 3.59. The Morgan fingerprint density at radius 2 is 1.00 bits per heavy atom. The molecule has 0 saturated carbocycles. The zero-order chi connectivity index (χ0) is 29.3. The Kier molecular flexibility index (Phi) is 6.54. The molecule has 1 aliphatic heterocycles. The maximum Gasteiger partial charge on any atom is 0.111 e. The molecule has 0 amide bonds. The average Bonchev–Trinajstić information content (AvgIpc) is 3.43. The second kappa shape index (κ2) is 11.1. The molecule has 0 atom stereocenters. The van der Waals surface area contributed by atoms with E-state index in [9.17, 15) is 0 Å². The van der Waals surface area contributed by atoms with E-state index in [2.05, 4.69) is 185 Å². The van der Waals surface area contributed by atoms with E-state index in [1.54, 1.807) is 0 Å². The van der Waals surface area contributed by atoms with Gasteiger partial charge in [-0.1, -0.05) is 109 Å². The minimum atomic E-state index is 0.812. The van der Waals surface area contributed by atoms with Crippen molar-refractivity contribution in [1.82, 2.24) is 9.88 Å². The molecule has 0 fully saturated rings. The van der Waals surface area contributed by atoms with Crippen LogP contribution >= 0.6 is 0 Å².